The maximum absolute atomic E-state index is 2.82. The Hall–Kier alpha value is -0.820. The second kappa shape index (κ2) is 6.96. The fourth-order valence-corrected chi connectivity index (χ4v) is 4.35. The lowest BCUT2D eigenvalue weighted by Gasteiger charge is -2.34. The maximum Gasteiger partial charge on any atom is 0.0204 e. The summed E-state index contributed by atoms with van der Waals surface area (Å²) >= 11 is 0. The highest BCUT2D eigenvalue weighted by Gasteiger charge is 2.25. The van der Waals surface area contributed by atoms with Gasteiger partial charge in [-0.3, -0.25) is 4.90 Å². The van der Waals surface area contributed by atoms with Crippen molar-refractivity contribution in [3.8, 4) is 0 Å². The minimum atomic E-state index is 0.866. The molecule has 0 unspecified atom stereocenters. The molecule has 0 N–H and O–H groups in total. The van der Waals surface area contributed by atoms with Crippen LogP contribution in [0.15, 0.2) is 34.4 Å². The second-order valence-corrected chi connectivity index (χ2v) is 7.23. The molecule has 0 aromatic carbocycles. The maximum atomic E-state index is 2.82. The van der Waals surface area contributed by atoms with E-state index >= 15 is 0 Å². The molecule has 1 fully saturated rings. The van der Waals surface area contributed by atoms with Crippen LogP contribution in [0.2, 0.25) is 0 Å². The lowest BCUT2D eigenvalue weighted by Crippen LogP contribution is -2.38. The van der Waals surface area contributed by atoms with E-state index in [1.165, 1.54) is 64.5 Å². The van der Waals surface area contributed by atoms with Gasteiger partial charge in [0, 0.05) is 12.6 Å². The molecular formula is C20H31N. The van der Waals surface area contributed by atoms with Gasteiger partial charge in [-0.05, 0) is 75.6 Å². The number of hydrogen-bond donors (Lipinski definition) is 0. The Morgan fingerprint density at radius 1 is 0.952 bits per heavy atom. The fraction of sp³-hybridized carbons (Fsp3) is 0.700. The summed E-state index contributed by atoms with van der Waals surface area (Å²) in [6.07, 6.45) is 17.0. The van der Waals surface area contributed by atoms with E-state index in [1.807, 2.05) is 0 Å². The molecule has 116 valence electrons. The van der Waals surface area contributed by atoms with Crippen molar-refractivity contribution in [2.75, 3.05) is 13.1 Å². The van der Waals surface area contributed by atoms with Crippen molar-refractivity contribution in [2.24, 2.45) is 0 Å². The average molecular weight is 285 g/mol. The van der Waals surface area contributed by atoms with E-state index in [4.69, 9.17) is 0 Å². The Balaban J connectivity index is 1.83. The summed E-state index contributed by atoms with van der Waals surface area (Å²) in [5.41, 5.74) is 6.59. The zero-order valence-corrected chi connectivity index (χ0v) is 14.0. The summed E-state index contributed by atoms with van der Waals surface area (Å²) in [7, 11) is 0. The van der Waals surface area contributed by atoms with Gasteiger partial charge in [0.1, 0.15) is 0 Å². The van der Waals surface area contributed by atoms with Gasteiger partial charge < -0.3 is 0 Å². The molecule has 0 aromatic heterocycles. The van der Waals surface area contributed by atoms with Crippen LogP contribution in [0.25, 0.3) is 0 Å². The van der Waals surface area contributed by atoms with E-state index in [0.29, 0.717) is 0 Å². The first kappa shape index (κ1) is 15.1. The molecule has 3 rings (SSSR count). The molecule has 0 aromatic rings. The third kappa shape index (κ3) is 3.51. The standard InChI is InChI=1S/C20H31N/c1-16-9-6-7-10-18-15-21(19-11-4-3-5-12-19)14-8-13-20(18)17(16)2/h6-7,19H,3-5,8-15H2,1-2H3/b7-6?,17-16-. The Bertz CT molecular complexity index is 460. The van der Waals surface area contributed by atoms with Gasteiger partial charge in [-0.1, -0.05) is 37.0 Å². The number of nitrogens with zero attached hydrogens (tertiary/aromatic N) is 1. The van der Waals surface area contributed by atoms with Crippen LogP contribution in [0, 0.1) is 0 Å². The summed E-state index contributed by atoms with van der Waals surface area (Å²) < 4.78 is 0. The molecule has 21 heavy (non-hydrogen) atoms. The van der Waals surface area contributed by atoms with Crippen LogP contribution in [0.1, 0.15) is 71.6 Å². The summed E-state index contributed by atoms with van der Waals surface area (Å²) in [4.78, 5) is 2.82. The minimum absolute atomic E-state index is 0.866. The highest BCUT2D eigenvalue weighted by atomic mass is 15.2. The van der Waals surface area contributed by atoms with Crippen molar-refractivity contribution in [3.05, 3.63) is 34.4 Å². The van der Waals surface area contributed by atoms with E-state index in [9.17, 15) is 0 Å². The summed E-state index contributed by atoms with van der Waals surface area (Å²) in [6, 6.07) is 0.866. The van der Waals surface area contributed by atoms with Crippen molar-refractivity contribution in [3.63, 3.8) is 0 Å². The Morgan fingerprint density at radius 2 is 1.71 bits per heavy atom. The highest BCUT2D eigenvalue weighted by Crippen LogP contribution is 2.33. The third-order valence-corrected chi connectivity index (χ3v) is 5.83. The Morgan fingerprint density at radius 3 is 2.52 bits per heavy atom. The number of rotatable bonds is 1. The first-order valence-corrected chi connectivity index (χ1v) is 9.02. The van der Waals surface area contributed by atoms with E-state index in [-0.39, 0.29) is 0 Å². The SMILES string of the molecule is C/C1=C(\C)C2=C(CC=CC1)CN(C1CCCCC1)CCC2. The van der Waals surface area contributed by atoms with Crippen molar-refractivity contribution < 1.29 is 0 Å². The largest absolute Gasteiger partial charge is 0.296 e. The Labute approximate surface area is 130 Å². The van der Waals surface area contributed by atoms with Crippen LogP contribution in [-0.2, 0) is 0 Å². The number of hydrogen-bond acceptors (Lipinski definition) is 1. The molecule has 0 bridgehead atoms. The lowest BCUT2D eigenvalue weighted by molar-refractivity contribution is 0.170. The van der Waals surface area contributed by atoms with Crippen molar-refractivity contribution in [2.45, 2.75) is 77.7 Å². The van der Waals surface area contributed by atoms with Gasteiger partial charge in [0.15, 0.2) is 0 Å². The zero-order valence-electron chi connectivity index (χ0n) is 14.0. The minimum Gasteiger partial charge on any atom is -0.296 e. The summed E-state index contributed by atoms with van der Waals surface area (Å²) in [5.74, 6) is 0. The lowest BCUT2D eigenvalue weighted by atomic mass is 9.89. The fourth-order valence-electron chi connectivity index (χ4n) is 4.35. The molecule has 1 aliphatic heterocycles. The molecule has 1 heteroatoms. The molecular weight excluding hydrogens is 254 g/mol. The van der Waals surface area contributed by atoms with E-state index < -0.39 is 0 Å². The molecule has 1 saturated carbocycles. The van der Waals surface area contributed by atoms with Crippen LogP contribution < -0.4 is 0 Å². The molecule has 2 aliphatic carbocycles. The van der Waals surface area contributed by atoms with Gasteiger partial charge >= 0.3 is 0 Å². The van der Waals surface area contributed by atoms with Gasteiger partial charge in [-0.15, -0.1) is 0 Å². The van der Waals surface area contributed by atoms with Gasteiger partial charge in [-0.25, -0.2) is 0 Å². The molecule has 0 atom stereocenters. The molecule has 0 spiro atoms. The summed E-state index contributed by atoms with van der Waals surface area (Å²) in [5, 5.41) is 0. The smallest absolute Gasteiger partial charge is 0.0204 e. The quantitative estimate of drug-likeness (QED) is 0.583. The summed E-state index contributed by atoms with van der Waals surface area (Å²) in [6.45, 7) is 7.22. The van der Waals surface area contributed by atoms with E-state index in [0.717, 1.165) is 12.5 Å². The molecule has 0 saturated heterocycles. The van der Waals surface area contributed by atoms with E-state index in [2.05, 4.69) is 30.9 Å². The first-order chi connectivity index (χ1) is 10.3. The predicted molar refractivity (Wildman–Crippen MR) is 91.5 cm³/mol. The Kier molecular flexibility index (Phi) is 5.00. The molecule has 1 nitrogen and oxygen atoms in total. The van der Waals surface area contributed by atoms with Crippen molar-refractivity contribution >= 4 is 0 Å². The molecule has 0 radical (unpaired) electrons. The van der Waals surface area contributed by atoms with E-state index in [1.54, 1.807) is 22.3 Å². The van der Waals surface area contributed by atoms with Gasteiger partial charge in [0.05, 0.1) is 0 Å². The molecule has 0 amide bonds. The van der Waals surface area contributed by atoms with Gasteiger partial charge in [-0.2, -0.15) is 0 Å². The highest BCUT2D eigenvalue weighted by molar-refractivity contribution is 5.41. The van der Waals surface area contributed by atoms with Crippen LogP contribution in [0.3, 0.4) is 0 Å². The van der Waals surface area contributed by atoms with Crippen LogP contribution in [-0.4, -0.2) is 24.0 Å². The third-order valence-electron chi connectivity index (χ3n) is 5.83. The van der Waals surface area contributed by atoms with Crippen molar-refractivity contribution in [1.29, 1.82) is 0 Å². The van der Waals surface area contributed by atoms with Crippen LogP contribution in [0.4, 0.5) is 0 Å². The predicted octanol–water partition coefficient (Wildman–Crippen LogP) is 5.40. The van der Waals surface area contributed by atoms with Crippen LogP contribution >= 0.6 is 0 Å². The normalized spacial score (nSPS) is 29.8. The molecule has 3 aliphatic rings. The van der Waals surface area contributed by atoms with Gasteiger partial charge in [0.25, 0.3) is 0 Å². The first-order valence-electron chi connectivity index (χ1n) is 9.02. The molecule has 1 heterocycles. The topological polar surface area (TPSA) is 3.24 Å². The monoisotopic (exact) mass is 285 g/mol. The van der Waals surface area contributed by atoms with Gasteiger partial charge in [0.2, 0.25) is 0 Å². The second-order valence-electron chi connectivity index (χ2n) is 7.23. The van der Waals surface area contributed by atoms with Crippen molar-refractivity contribution in [1.82, 2.24) is 4.90 Å². The van der Waals surface area contributed by atoms with Crippen LogP contribution in [0.5, 0.6) is 0 Å². The zero-order chi connectivity index (χ0) is 14.7. The number of allylic oxidation sites excluding steroid dienone is 5. The average Bonchev–Trinajstić information content (AvgIpc) is 2.72.